The van der Waals surface area contributed by atoms with Gasteiger partial charge in [-0.1, -0.05) is 48.0 Å². The van der Waals surface area contributed by atoms with Gasteiger partial charge in [0, 0.05) is 11.5 Å². The van der Waals surface area contributed by atoms with Crippen molar-refractivity contribution in [1.82, 2.24) is 0 Å². The van der Waals surface area contributed by atoms with E-state index in [0.717, 1.165) is 12.0 Å². The number of hydrogen-bond acceptors (Lipinski definition) is 2. The van der Waals surface area contributed by atoms with E-state index in [2.05, 4.69) is 37.8 Å². The van der Waals surface area contributed by atoms with Crippen LogP contribution in [0, 0.1) is 6.92 Å². The summed E-state index contributed by atoms with van der Waals surface area (Å²) in [7, 11) is 1.62. The predicted octanol–water partition coefficient (Wildman–Crippen LogP) is 4.83. The minimum atomic E-state index is 0.487. The lowest BCUT2D eigenvalue weighted by molar-refractivity contribution is 0.297. The molecule has 0 fully saturated rings. The molecule has 21 heavy (non-hydrogen) atoms. The topological polar surface area (TPSA) is 18.5 Å². The van der Waals surface area contributed by atoms with Gasteiger partial charge in [-0.25, -0.2) is 0 Å². The van der Waals surface area contributed by atoms with Crippen molar-refractivity contribution in [3.8, 4) is 11.5 Å². The molecule has 0 aliphatic heterocycles. The van der Waals surface area contributed by atoms with E-state index in [4.69, 9.17) is 21.1 Å². The summed E-state index contributed by atoms with van der Waals surface area (Å²) >= 11 is 5.93. The Hall–Kier alpha value is -1.93. The van der Waals surface area contributed by atoms with Crippen LogP contribution in [0.4, 0.5) is 0 Å². The highest BCUT2D eigenvalue weighted by Crippen LogP contribution is 2.31. The van der Waals surface area contributed by atoms with Gasteiger partial charge in [-0.2, -0.15) is 0 Å². The van der Waals surface area contributed by atoms with Crippen molar-refractivity contribution in [3.63, 3.8) is 0 Å². The van der Waals surface area contributed by atoms with Gasteiger partial charge >= 0.3 is 0 Å². The number of ether oxygens (including phenoxy) is 2. The molecule has 0 N–H and O–H groups in total. The molecule has 0 amide bonds. The zero-order chi connectivity index (χ0) is 15.2. The standard InChI is InChI=1S/C18H19ClO2/c1-13-5-4-6-15(11-13)9-10-21-18-12-16(14(2)19)7-8-17(18)20-3/h4-8,11-12H,2,9-10H2,1,3H3. The van der Waals surface area contributed by atoms with Crippen molar-refractivity contribution in [2.45, 2.75) is 13.3 Å². The molecule has 0 unspecified atom stereocenters. The molecule has 0 saturated heterocycles. The smallest absolute Gasteiger partial charge is 0.161 e. The van der Waals surface area contributed by atoms with Crippen molar-refractivity contribution >= 4 is 16.6 Å². The lowest BCUT2D eigenvalue weighted by atomic mass is 10.1. The molecule has 0 aliphatic carbocycles. The van der Waals surface area contributed by atoms with Crippen LogP contribution < -0.4 is 9.47 Å². The molecule has 110 valence electrons. The van der Waals surface area contributed by atoms with Gasteiger partial charge in [-0.15, -0.1) is 0 Å². The molecule has 0 radical (unpaired) electrons. The third-order valence-electron chi connectivity index (χ3n) is 3.21. The van der Waals surface area contributed by atoms with Gasteiger partial charge in [0.2, 0.25) is 0 Å². The van der Waals surface area contributed by atoms with Crippen LogP contribution in [-0.2, 0) is 6.42 Å². The summed E-state index contributed by atoms with van der Waals surface area (Å²) in [5.41, 5.74) is 3.35. The zero-order valence-electron chi connectivity index (χ0n) is 12.4. The zero-order valence-corrected chi connectivity index (χ0v) is 13.1. The van der Waals surface area contributed by atoms with Gasteiger partial charge < -0.3 is 9.47 Å². The SMILES string of the molecule is C=C(Cl)c1ccc(OC)c(OCCc2cccc(C)c2)c1. The highest BCUT2D eigenvalue weighted by molar-refractivity contribution is 6.48. The van der Waals surface area contributed by atoms with E-state index >= 15 is 0 Å². The highest BCUT2D eigenvalue weighted by Gasteiger charge is 2.07. The normalized spacial score (nSPS) is 10.2. The van der Waals surface area contributed by atoms with E-state index in [9.17, 15) is 0 Å². The van der Waals surface area contributed by atoms with Crippen molar-refractivity contribution in [2.75, 3.05) is 13.7 Å². The Kier molecular flexibility index (Phi) is 5.29. The van der Waals surface area contributed by atoms with Crippen molar-refractivity contribution in [1.29, 1.82) is 0 Å². The Morgan fingerprint density at radius 3 is 2.62 bits per heavy atom. The summed E-state index contributed by atoms with van der Waals surface area (Å²) in [6, 6.07) is 14.0. The molecule has 2 aromatic carbocycles. The second-order valence-corrected chi connectivity index (χ2v) is 5.31. The number of benzene rings is 2. The molecular formula is C18H19ClO2. The molecule has 2 nitrogen and oxygen atoms in total. The van der Waals surface area contributed by atoms with E-state index in [0.29, 0.717) is 23.1 Å². The van der Waals surface area contributed by atoms with Gasteiger partial charge in [-0.05, 0) is 36.2 Å². The fourth-order valence-corrected chi connectivity index (χ4v) is 2.22. The molecule has 0 spiro atoms. The number of hydrogen-bond donors (Lipinski definition) is 0. The average molecular weight is 303 g/mol. The van der Waals surface area contributed by atoms with E-state index in [-0.39, 0.29) is 0 Å². The molecule has 2 rings (SSSR count). The second kappa shape index (κ2) is 7.19. The maximum atomic E-state index is 5.93. The molecule has 0 heterocycles. The van der Waals surface area contributed by atoms with Crippen LogP contribution >= 0.6 is 11.6 Å². The van der Waals surface area contributed by atoms with Crippen LogP contribution in [0.5, 0.6) is 11.5 Å². The average Bonchev–Trinajstić information content (AvgIpc) is 2.47. The van der Waals surface area contributed by atoms with Crippen molar-refractivity contribution in [2.24, 2.45) is 0 Å². The van der Waals surface area contributed by atoms with Gasteiger partial charge in [0.05, 0.1) is 13.7 Å². The summed E-state index contributed by atoms with van der Waals surface area (Å²) in [4.78, 5) is 0. The molecule has 0 atom stereocenters. The Bertz CT molecular complexity index is 635. The molecule has 0 saturated carbocycles. The Labute approximate surface area is 131 Å². The number of aryl methyl sites for hydroxylation is 1. The van der Waals surface area contributed by atoms with Gasteiger partial charge in [-0.3, -0.25) is 0 Å². The first-order valence-corrected chi connectivity index (χ1v) is 7.19. The van der Waals surface area contributed by atoms with Gasteiger partial charge in [0.1, 0.15) is 0 Å². The van der Waals surface area contributed by atoms with Crippen molar-refractivity contribution < 1.29 is 9.47 Å². The van der Waals surface area contributed by atoms with Crippen LogP contribution in [0.2, 0.25) is 0 Å². The fraction of sp³-hybridized carbons (Fsp3) is 0.222. The van der Waals surface area contributed by atoms with E-state index in [1.165, 1.54) is 11.1 Å². The van der Waals surface area contributed by atoms with E-state index in [1.807, 2.05) is 18.2 Å². The van der Waals surface area contributed by atoms with Crippen molar-refractivity contribution in [3.05, 3.63) is 65.7 Å². The highest BCUT2D eigenvalue weighted by atomic mass is 35.5. The minimum Gasteiger partial charge on any atom is -0.493 e. The summed E-state index contributed by atoms with van der Waals surface area (Å²) in [6.45, 7) is 6.40. The minimum absolute atomic E-state index is 0.487. The lowest BCUT2D eigenvalue weighted by Gasteiger charge is -2.12. The first-order valence-electron chi connectivity index (χ1n) is 6.81. The summed E-state index contributed by atoms with van der Waals surface area (Å²) in [5.74, 6) is 1.38. The van der Waals surface area contributed by atoms with Crippen LogP contribution in [0.1, 0.15) is 16.7 Å². The quantitative estimate of drug-likeness (QED) is 0.760. The summed E-state index contributed by atoms with van der Waals surface area (Å²) in [5, 5.41) is 0.487. The van der Waals surface area contributed by atoms with Crippen LogP contribution in [0.25, 0.3) is 5.03 Å². The van der Waals surface area contributed by atoms with Crippen LogP contribution in [0.15, 0.2) is 49.0 Å². The molecule has 0 aliphatic rings. The molecule has 3 heteroatoms. The molecule has 2 aromatic rings. The third-order valence-corrected chi connectivity index (χ3v) is 3.43. The van der Waals surface area contributed by atoms with Gasteiger partial charge in [0.15, 0.2) is 11.5 Å². The Balaban J connectivity index is 2.05. The maximum absolute atomic E-state index is 5.93. The summed E-state index contributed by atoms with van der Waals surface area (Å²) in [6.07, 6.45) is 0.844. The molecular weight excluding hydrogens is 284 g/mol. The van der Waals surface area contributed by atoms with Crippen LogP contribution in [0.3, 0.4) is 0 Å². The predicted molar refractivity (Wildman–Crippen MR) is 88.3 cm³/mol. The number of rotatable bonds is 6. The monoisotopic (exact) mass is 302 g/mol. The second-order valence-electron chi connectivity index (χ2n) is 4.86. The number of halogens is 1. The van der Waals surface area contributed by atoms with E-state index < -0.39 is 0 Å². The summed E-state index contributed by atoms with van der Waals surface area (Å²) < 4.78 is 11.1. The Morgan fingerprint density at radius 2 is 1.95 bits per heavy atom. The first kappa shape index (κ1) is 15.5. The van der Waals surface area contributed by atoms with Gasteiger partial charge in [0.25, 0.3) is 0 Å². The van der Waals surface area contributed by atoms with Crippen LogP contribution in [-0.4, -0.2) is 13.7 Å². The maximum Gasteiger partial charge on any atom is 0.161 e. The molecule has 0 aromatic heterocycles. The largest absolute Gasteiger partial charge is 0.493 e. The lowest BCUT2D eigenvalue weighted by Crippen LogP contribution is -2.03. The first-order chi connectivity index (χ1) is 10.1. The van der Waals surface area contributed by atoms with E-state index in [1.54, 1.807) is 7.11 Å². The third kappa shape index (κ3) is 4.27. The Morgan fingerprint density at radius 1 is 1.14 bits per heavy atom. The number of methoxy groups -OCH3 is 1. The molecule has 0 bridgehead atoms. The fourth-order valence-electron chi connectivity index (χ4n) is 2.10.